The molecule has 1 heterocycles. The van der Waals surface area contributed by atoms with E-state index in [2.05, 4.69) is 57.9 Å². The quantitative estimate of drug-likeness (QED) is 0.385. The third-order valence-electron chi connectivity index (χ3n) is 3.58. The fraction of sp³-hybridized carbons (Fsp3) is 0.368. The van der Waals surface area contributed by atoms with E-state index in [-0.39, 0.29) is 24.0 Å². The largest absolute Gasteiger partial charge is 0.363 e. The van der Waals surface area contributed by atoms with E-state index in [0.717, 1.165) is 36.9 Å². The number of benzene rings is 1. The minimum absolute atomic E-state index is 0. The lowest BCUT2D eigenvalue weighted by Gasteiger charge is -2.13. The van der Waals surface area contributed by atoms with E-state index in [9.17, 15) is 0 Å². The van der Waals surface area contributed by atoms with Crippen LogP contribution in [0.3, 0.4) is 0 Å². The molecule has 0 saturated heterocycles. The second-order valence-corrected chi connectivity index (χ2v) is 5.77. The topological polar surface area (TPSA) is 52.6 Å². The van der Waals surface area contributed by atoms with Crippen LogP contribution in [-0.2, 0) is 13.0 Å². The monoisotopic (exact) mass is 453 g/mol. The van der Waals surface area contributed by atoms with Crippen molar-refractivity contribution in [3.05, 3.63) is 59.8 Å². The molecule has 0 aliphatic carbocycles. The van der Waals surface area contributed by atoms with Gasteiger partial charge in [-0.2, -0.15) is 0 Å². The van der Waals surface area contributed by atoms with Crippen LogP contribution in [0.2, 0.25) is 0 Å². The highest BCUT2D eigenvalue weighted by molar-refractivity contribution is 14.0. The van der Waals surface area contributed by atoms with Crippen LogP contribution in [0, 0.1) is 0 Å². The summed E-state index contributed by atoms with van der Waals surface area (Å²) in [5.41, 5.74) is 2.47. The highest BCUT2D eigenvalue weighted by atomic mass is 127. The Morgan fingerprint density at radius 3 is 2.52 bits per heavy atom. The van der Waals surface area contributed by atoms with Gasteiger partial charge in [0.15, 0.2) is 5.96 Å². The molecular weight excluding hydrogens is 425 g/mol. The van der Waals surface area contributed by atoms with Gasteiger partial charge in [-0.05, 0) is 36.6 Å². The molecule has 0 saturated carbocycles. The summed E-state index contributed by atoms with van der Waals surface area (Å²) in [6, 6.07) is 14.5. The van der Waals surface area contributed by atoms with Gasteiger partial charge in [-0.25, -0.2) is 9.98 Å². The number of pyridine rings is 1. The van der Waals surface area contributed by atoms with E-state index in [4.69, 9.17) is 0 Å². The van der Waals surface area contributed by atoms with Crippen molar-refractivity contribution in [3.8, 4) is 0 Å². The van der Waals surface area contributed by atoms with Crippen molar-refractivity contribution >= 4 is 35.8 Å². The first-order valence-corrected chi connectivity index (χ1v) is 8.37. The van der Waals surface area contributed by atoms with Gasteiger partial charge in [0.05, 0.1) is 6.54 Å². The lowest BCUT2D eigenvalue weighted by atomic mass is 10.1. The Labute approximate surface area is 168 Å². The molecule has 2 rings (SSSR count). The number of aliphatic imine (C=N–C) groups is 1. The van der Waals surface area contributed by atoms with E-state index in [1.54, 1.807) is 0 Å². The molecule has 25 heavy (non-hydrogen) atoms. The fourth-order valence-electron chi connectivity index (χ4n) is 2.29. The Balaban J connectivity index is 0.00000312. The summed E-state index contributed by atoms with van der Waals surface area (Å²) in [5, 5.41) is 6.68. The molecule has 5 nitrogen and oxygen atoms in total. The number of halogens is 1. The van der Waals surface area contributed by atoms with Gasteiger partial charge in [0.1, 0.15) is 5.82 Å². The van der Waals surface area contributed by atoms with Crippen LogP contribution in [0.15, 0.2) is 53.7 Å². The van der Waals surface area contributed by atoms with Gasteiger partial charge in [-0.3, -0.25) is 0 Å². The summed E-state index contributed by atoms with van der Waals surface area (Å²) in [7, 11) is 3.98. The lowest BCUT2D eigenvalue weighted by Crippen LogP contribution is -2.38. The molecule has 0 bridgehead atoms. The van der Waals surface area contributed by atoms with Crippen molar-refractivity contribution in [2.45, 2.75) is 19.9 Å². The van der Waals surface area contributed by atoms with Crippen molar-refractivity contribution in [1.82, 2.24) is 15.6 Å². The van der Waals surface area contributed by atoms with Crippen molar-refractivity contribution in [2.24, 2.45) is 4.99 Å². The first-order valence-electron chi connectivity index (χ1n) is 8.37. The van der Waals surface area contributed by atoms with Crippen LogP contribution in [0.5, 0.6) is 0 Å². The molecule has 0 radical (unpaired) electrons. The predicted molar refractivity (Wildman–Crippen MR) is 117 cm³/mol. The van der Waals surface area contributed by atoms with Gasteiger partial charge in [-0.1, -0.05) is 30.3 Å². The SMILES string of the molecule is CCNC(=NCc1ccnc(N(C)C)c1)NCCc1ccccc1.I. The maximum atomic E-state index is 4.66. The normalized spacial score (nSPS) is 10.8. The van der Waals surface area contributed by atoms with E-state index in [1.165, 1.54) is 5.56 Å². The number of hydrogen-bond donors (Lipinski definition) is 2. The Morgan fingerprint density at radius 2 is 1.84 bits per heavy atom. The fourth-order valence-corrected chi connectivity index (χ4v) is 2.29. The van der Waals surface area contributed by atoms with Crippen LogP contribution in [-0.4, -0.2) is 38.1 Å². The summed E-state index contributed by atoms with van der Waals surface area (Å²) < 4.78 is 0. The number of anilines is 1. The molecule has 136 valence electrons. The standard InChI is InChI=1S/C19H27N5.HI/c1-4-20-19(22-13-10-16-8-6-5-7-9-16)23-15-17-11-12-21-18(14-17)24(2)3;/h5-9,11-12,14H,4,10,13,15H2,1-3H3,(H2,20,22,23);1H. The third-order valence-corrected chi connectivity index (χ3v) is 3.58. The van der Waals surface area contributed by atoms with Gasteiger partial charge < -0.3 is 15.5 Å². The Hall–Kier alpha value is -1.83. The molecule has 1 aromatic heterocycles. The molecule has 2 N–H and O–H groups in total. The van der Waals surface area contributed by atoms with Crippen molar-refractivity contribution in [2.75, 3.05) is 32.1 Å². The average Bonchev–Trinajstić information content (AvgIpc) is 2.61. The zero-order valence-corrected chi connectivity index (χ0v) is 17.5. The van der Waals surface area contributed by atoms with Gasteiger partial charge in [0.2, 0.25) is 0 Å². The lowest BCUT2D eigenvalue weighted by molar-refractivity contribution is 0.799. The van der Waals surface area contributed by atoms with Crippen LogP contribution < -0.4 is 15.5 Å². The molecule has 0 aliphatic rings. The van der Waals surface area contributed by atoms with Crippen molar-refractivity contribution < 1.29 is 0 Å². The highest BCUT2D eigenvalue weighted by Gasteiger charge is 2.01. The van der Waals surface area contributed by atoms with Crippen molar-refractivity contribution in [3.63, 3.8) is 0 Å². The molecule has 0 aliphatic heterocycles. The molecule has 0 atom stereocenters. The highest BCUT2D eigenvalue weighted by Crippen LogP contribution is 2.10. The number of guanidine groups is 1. The van der Waals surface area contributed by atoms with Gasteiger partial charge >= 0.3 is 0 Å². The second kappa shape index (κ2) is 11.7. The Morgan fingerprint density at radius 1 is 1.08 bits per heavy atom. The molecule has 0 amide bonds. The van der Waals surface area contributed by atoms with Crippen molar-refractivity contribution in [1.29, 1.82) is 0 Å². The number of hydrogen-bond acceptors (Lipinski definition) is 3. The van der Waals surface area contributed by atoms with Gasteiger partial charge in [-0.15, -0.1) is 24.0 Å². The van der Waals surface area contributed by atoms with Crippen LogP contribution in [0.4, 0.5) is 5.82 Å². The van der Waals surface area contributed by atoms with E-state index < -0.39 is 0 Å². The minimum atomic E-state index is 0. The maximum absolute atomic E-state index is 4.66. The zero-order valence-electron chi connectivity index (χ0n) is 15.2. The molecule has 0 spiro atoms. The summed E-state index contributed by atoms with van der Waals surface area (Å²) in [4.78, 5) is 11.0. The van der Waals surface area contributed by atoms with E-state index in [1.807, 2.05) is 37.3 Å². The minimum Gasteiger partial charge on any atom is -0.363 e. The van der Waals surface area contributed by atoms with Gasteiger partial charge in [0.25, 0.3) is 0 Å². The van der Waals surface area contributed by atoms with E-state index >= 15 is 0 Å². The third kappa shape index (κ3) is 7.72. The smallest absolute Gasteiger partial charge is 0.191 e. The number of nitrogens with one attached hydrogen (secondary N) is 2. The van der Waals surface area contributed by atoms with Crippen LogP contribution >= 0.6 is 24.0 Å². The first-order chi connectivity index (χ1) is 11.7. The summed E-state index contributed by atoms with van der Waals surface area (Å²) in [6.07, 6.45) is 2.81. The predicted octanol–water partition coefficient (Wildman–Crippen LogP) is 3.06. The second-order valence-electron chi connectivity index (χ2n) is 5.77. The maximum Gasteiger partial charge on any atom is 0.191 e. The van der Waals surface area contributed by atoms with Crippen LogP contribution in [0.1, 0.15) is 18.1 Å². The Bertz CT molecular complexity index is 643. The van der Waals surface area contributed by atoms with E-state index in [0.29, 0.717) is 6.54 Å². The molecule has 1 aromatic carbocycles. The first kappa shape index (κ1) is 21.2. The number of rotatable bonds is 7. The zero-order chi connectivity index (χ0) is 17.2. The van der Waals surface area contributed by atoms with Gasteiger partial charge in [0, 0.05) is 33.4 Å². The molecular formula is C19H28IN5. The summed E-state index contributed by atoms with van der Waals surface area (Å²) in [6.45, 7) is 4.40. The summed E-state index contributed by atoms with van der Waals surface area (Å²) >= 11 is 0. The number of nitrogens with zero attached hydrogens (tertiary/aromatic N) is 3. The molecule has 6 heteroatoms. The van der Waals surface area contributed by atoms with Crippen LogP contribution in [0.25, 0.3) is 0 Å². The molecule has 0 unspecified atom stereocenters. The summed E-state index contributed by atoms with van der Waals surface area (Å²) in [5.74, 6) is 1.79. The molecule has 0 fully saturated rings. The average molecular weight is 453 g/mol. The molecule has 2 aromatic rings. The number of aromatic nitrogens is 1. The Kier molecular flexibility index (Phi) is 9.91.